The van der Waals surface area contributed by atoms with Gasteiger partial charge in [-0.2, -0.15) is 0 Å². The summed E-state index contributed by atoms with van der Waals surface area (Å²) in [5, 5.41) is 9.47. The third-order valence-electron chi connectivity index (χ3n) is 6.78. The van der Waals surface area contributed by atoms with E-state index in [1.165, 1.54) is 57.4 Å². The van der Waals surface area contributed by atoms with E-state index in [1.807, 2.05) is 12.2 Å². The van der Waals surface area contributed by atoms with Crippen LogP contribution in [0, 0.1) is 5.92 Å². The highest BCUT2D eigenvalue weighted by Gasteiger charge is 2.16. The lowest BCUT2D eigenvalue weighted by Crippen LogP contribution is -2.28. The van der Waals surface area contributed by atoms with Crippen LogP contribution in [0.3, 0.4) is 0 Å². The molecular formula is C36H60O6. The summed E-state index contributed by atoms with van der Waals surface area (Å²) in [6.45, 7) is 6.14. The molecule has 0 aromatic rings. The van der Waals surface area contributed by atoms with Crippen LogP contribution in [-0.2, 0) is 23.9 Å². The van der Waals surface area contributed by atoms with Gasteiger partial charge in [0.25, 0.3) is 0 Å². The van der Waals surface area contributed by atoms with Crippen molar-refractivity contribution in [1.82, 2.24) is 0 Å². The van der Waals surface area contributed by atoms with E-state index >= 15 is 0 Å². The Hall–Kier alpha value is -2.47. The Kier molecular flexibility index (Phi) is 28.2. The van der Waals surface area contributed by atoms with Crippen LogP contribution in [0.15, 0.2) is 48.6 Å². The lowest BCUT2D eigenvalue weighted by atomic mass is 10.0. The largest absolute Gasteiger partial charge is 0.462 e. The molecule has 0 saturated heterocycles. The van der Waals surface area contributed by atoms with Gasteiger partial charge in [-0.1, -0.05) is 121 Å². The highest BCUT2D eigenvalue weighted by atomic mass is 16.6. The highest BCUT2D eigenvalue weighted by molar-refractivity contribution is 5.90. The Morgan fingerprint density at radius 2 is 1.33 bits per heavy atom. The van der Waals surface area contributed by atoms with Crippen molar-refractivity contribution in [3.05, 3.63) is 48.6 Å². The van der Waals surface area contributed by atoms with Gasteiger partial charge in [-0.15, -0.1) is 0 Å². The van der Waals surface area contributed by atoms with E-state index in [1.54, 1.807) is 6.08 Å². The first-order valence-corrected chi connectivity index (χ1v) is 16.5. The Morgan fingerprint density at radius 1 is 0.690 bits per heavy atom. The summed E-state index contributed by atoms with van der Waals surface area (Å²) in [6, 6.07) is 0. The number of carbonyl (C=O) groups excluding carboxylic acids is 3. The predicted molar refractivity (Wildman–Crippen MR) is 173 cm³/mol. The van der Waals surface area contributed by atoms with Crippen LogP contribution < -0.4 is 0 Å². The fourth-order valence-corrected chi connectivity index (χ4v) is 4.22. The van der Waals surface area contributed by atoms with Crippen molar-refractivity contribution in [2.45, 2.75) is 142 Å². The molecule has 0 aliphatic carbocycles. The van der Waals surface area contributed by atoms with Gasteiger partial charge >= 0.3 is 11.9 Å². The van der Waals surface area contributed by atoms with Crippen molar-refractivity contribution in [3.8, 4) is 0 Å². The zero-order chi connectivity index (χ0) is 31.1. The molecule has 240 valence electrons. The van der Waals surface area contributed by atoms with Crippen LogP contribution in [0.1, 0.15) is 136 Å². The minimum atomic E-state index is -0.885. The molecule has 0 aliphatic heterocycles. The fourth-order valence-electron chi connectivity index (χ4n) is 4.22. The molecule has 42 heavy (non-hydrogen) atoms. The SMILES string of the molecule is CCCCC/C=C\C/C=C\C/C=C\C=C\C(=O)CCCC(=O)O[C@@H](CO)COC(=O)CCCCCCCCCC(C)C. The summed E-state index contributed by atoms with van der Waals surface area (Å²) in [4.78, 5) is 36.0. The third-order valence-corrected chi connectivity index (χ3v) is 6.78. The summed E-state index contributed by atoms with van der Waals surface area (Å²) >= 11 is 0. The maximum absolute atomic E-state index is 12.1. The summed E-state index contributed by atoms with van der Waals surface area (Å²) < 4.78 is 10.4. The van der Waals surface area contributed by atoms with Gasteiger partial charge in [0, 0.05) is 19.3 Å². The molecule has 6 heteroatoms. The number of unbranched alkanes of at least 4 members (excludes halogenated alkanes) is 9. The maximum atomic E-state index is 12.1. The normalized spacial score (nSPS) is 12.8. The molecule has 0 fully saturated rings. The molecule has 0 bridgehead atoms. The second kappa shape index (κ2) is 30.0. The number of ether oxygens (including phenoxy) is 2. The summed E-state index contributed by atoms with van der Waals surface area (Å²) in [7, 11) is 0. The average molecular weight is 589 g/mol. The molecule has 1 N–H and O–H groups in total. The number of aliphatic hydroxyl groups excluding tert-OH is 1. The van der Waals surface area contributed by atoms with E-state index < -0.39 is 18.7 Å². The van der Waals surface area contributed by atoms with Gasteiger partial charge in [-0.05, 0) is 50.5 Å². The second-order valence-corrected chi connectivity index (χ2v) is 11.4. The van der Waals surface area contributed by atoms with Gasteiger partial charge in [-0.3, -0.25) is 14.4 Å². The van der Waals surface area contributed by atoms with Crippen LogP contribution in [0.25, 0.3) is 0 Å². The van der Waals surface area contributed by atoms with Gasteiger partial charge < -0.3 is 14.6 Å². The number of allylic oxidation sites excluding steroid dienone is 8. The average Bonchev–Trinajstić information content (AvgIpc) is 2.96. The first-order chi connectivity index (χ1) is 20.4. The number of hydrogen-bond acceptors (Lipinski definition) is 6. The van der Waals surface area contributed by atoms with Gasteiger partial charge in [0.05, 0.1) is 6.61 Å². The monoisotopic (exact) mass is 588 g/mol. The Balaban J connectivity index is 3.87. The molecule has 1 atom stereocenters. The number of esters is 2. The van der Waals surface area contributed by atoms with Crippen molar-refractivity contribution in [2.75, 3.05) is 13.2 Å². The fraction of sp³-hybridized carbons (Fsp3) is 0.694. The molecule has 0 rings (SSSR count). The molecule has 0 amide bonds. The first kappa shape index (κ1) is 39.5. The van der Waals surface area contributed by atoms with E-state index in [0.29, 0.717) is 12.8 Å². The summed E-state index contributed by atoms with van der Waals surface area (Å²) in [5.41, 5.74) is 0. The Morgan fingerprint density at radius 3 is 2.02 bits per heavy atom. The number of aliphatic hydroxyl groups is 1. The standard InChI is InChI=1S/C36H60O6/c1-4-5-6-7-8-9-10-11-12-13-16-19-22-26-33(38)27-24-29-36(40)42-34(30-37)31-41-35(39)28-23-20-17-14-15-18-21-25-32(2)3/h8-9,11-12,16,19,22,26,32,34,37H,4-7,10,13-15,17-18,20-21,23-25,27-31H2,1-3H3/b9-8-,12-11-,19-16-,26-22+/t34-/m0/s1. The van der Waals surface area contributed by atoms with Crippen molar-refractivity contribution < 1.29 is 29.0 Å². The van der Waals surface area contributed by atoms with E-state index in [2.05, 4.69) is 45.1 Å². The Bertz CT molecular complexity index is 793. The van der Waals surface area contributed by atoms with Crippen LogP contribution in [0.4, 0.5) is 0 Å². The molecule has 0 unspecified atom stereocenters. The summed E-state index contributed by atoms with van der Waals surface area (Å²) in [5.74, 6) is -0.140. The van der Waals surface area contributed by atoms with Crippen molar-refractivity contribution in [1.29, 1.82) is 0 Å². The van der Waals surface area contributed by atoms with Gasteiger partial charge in [0.2, 0.25) is 0 Å². The predicted octanol–water partition coefficient (Wildman–Crippen LogP) is 8.93. The van der Waals surface area contributed by atoms with E-state index in [-0.39, 0.29) is 31.2 Å². The topological polar surface area (TPSA) is 89.9 Å². The van der Waals surface area contributed by atoms with Gasteiger partial charge in [0.15, 0.2) is 11.9 Å². The lowest BCUT2D eigenvalue weighted by molar-refractivity contribution is -0.161. The van der Waals surface area contributed by atoms with Gasteiger partial charge in [-0.25, -0.2) is 0 Å². The third kappa shape index (κ3) is 29.0. The van der Waals surface area contributed by atoms with Crippen LogP contribution >= 0.6 is 0 Å². The van der Waals surface area contributed by atoms with Gasteiger partial charge in [0.1, 0.15) is 6.61 Å². The molecule has 0 aliphatic rings. The van der Waals surface area contributed by atoms with E-state index in [9.17, 15) is 19.5 Å². The number of ketones is 1. The zero-order valence-electron chi connectivity index (χ0n) is 26.9. The maximum Gasteiger partial charge on any atom is 0.306 e. The molecule has 0 saturated carbocycles. The molecule has 0 heterocycles. The minimum absolute atomic E-state index is 0.0602. The van der Waals surface area contributed by atoms with E-state index in [0.717, 1.165) is 44.4 Å². The van der Waals surface area contributed by atoms with Crippen LogP contribution in [-0.4, -0.2) is 42.1 Å². The molecule has 6 nitrogen and oxygen atoms in total. The lowest BCUT2D eigenvalue weighted by Gasteiger charge is -2.15. The number of rotatable bonds is 28. The summed E-state index contributed by atoms with van der Waals surface area (Å²) in [6.07, 6.45) is 31.8. The zero-order valence-corrected chi connectivity index (χ0v) is 26.9. The highest BCUT2D eigenvalue weighted by Crippen LogP contribution is 2.13. The molecule has 0 aromatic carbocycles. The smallest absolute Gasteiger partial charge is 0.306 e. The molecule has 0 radical (unpaired) electrons. The Labute approximate surface area is 256 Å². The van der Waals surface area contributed by atoms with Crippen molar-refractivity contribution in [2.24, 2.45) is 5.92 Å². The quantitative estimate of drug-likeness (QED) is 0.0323. The first-order valence-electron chi connectivity index (χ1n) is 16.5. The number of hydrogen-bond donors (Lipinski definition) is 1. The number of carbonyl (C=O) groups is 3. The second-order valence-electron chi connectivity index (χ2n) is 11.4. The van der Waals surface area contributed by atoms with Crippen molar-refractivity contribution in [3.63, 3.8) is 0 Å². The molecular weight excluding hydrogens is 528 g/mol. The molecule has 0 spiro atoms. The van der Waals surface area contributed by atoms with Crippen molar-refractivity contribution >= 4 is 17.7 Å². The van der Waals surface area contributed by atoms with Crippen LogP contribution in [0.2, 0.25) is 0 Å². The van der Waals surface area contributed by atoms with Crippen LogP contribution in [0.5, 0.6) is 0 Å². The van der Waals surface area contributed by atoms with E-state index in [4.69, 9.17) is 9.47 Å². The minimum Gasteiger partial charge on any atom is -0.462 e. The molecule has 0 aromatic heterocycles.